The van der Waals surface area contributed by atoms with Gasteiger partial charge in [-0.25, -0.2) is 0 Å². The van der Waals surface area contributed by atoms with Gasteiger partial charge in [0.05, 0.1) is 23.3 Å². The molecule has 1 aromatic carbocycles. The zero-order chi connectivity index (χ0) is 23.6. The van der Waals surface area contributed by atoms with Crippen LogP contribution in [0.1, 0.15) is 64.5 Å². The van der Waals surface area contributed by atoms with Gasteiger partial charge in [-0.15, -0.1) is 0 Å². The highest BCUT2D eigenvalue weighted by atomic mass is 16.3. The Balaban J connectivity index is 1.71. The van der Waals surface area contributed by atoms with Crippen LogP contribution in [-0.4, -0.2) is 34.4 Å². The number of amides is 2. The van der Waals surface area contributed by atoms with Crippen LogP contribution in [0.4, 0.5) is 5.69 Å². The average Bonchev–Trinajstić information content (AvgIpc) is 3.46. The van der Waals surface area contributed by atoms with Gasteiger partial charge in [-0.05, 0) is 48.2 Å². The minimum absolute atomic E-state index is 0.0209. The second-order valence-corrected chi connectivity index (χ2v) is 9.88. The molecule has 0 fully saturated rings. The Morgan fingerprint density at radius 2 is 1.79 bits per heavy atom. The first-order valence-corrected chi connectivity index (χ1v) is 11.7. The van der Waals surface area contributed by atoms with Gasteiger partial charge in [-0.2, -0.15) is 0 Å². The fourth-order valence-electron chi connectivity index (χ4n) is 4.42. The number of anilines is 1. The summed E-state index contributed by atoms with van der Waals surface area (Å²) in [5, 5.41) is 0. The number of hydrogen-bond donors (Lipinski definition) is 0. The van der Waals surface area contributed by atoms with Crippen LogP contribution in [0.25, 0.3) is 5.69 Å². The van der Waals surface area contributed by atoms with Gasteiger partial charge in [-0.3, -0.25) is 14.5 Å². The minimum atomic E-state index is -0.400. The molecular weight excluding hydrogens is 414 g/mol. The Morgan fingerprint density at radius 3 is 2.45 bits per heavy atom. The van der Waals surface area contributed by atoms with Gasteiger partial charge in [-0.1, -0.05) is 46.2 Å². The first-order chi connectivity index (χ1) is 15.8. The smallest absolute Gasteiger partial charge is 0.247 e. The van der Waals surface area contributed by atoms with E-state index in [1.54, 1.807) is 16.1 Å². The van der Waals surface area contributed by atoms with E-state index >= 15 is 0 Å². The summed E-state index contributed by atoms with van der Waals surface area (Å²) < 4.78 is 7.89. The summed E-state index contributed by atoms with van der Waals surface area (Å²) in [6, 6.07) is 15.2. The second kappa shape index (κ2) is 9.30. The van der Waals surface area contributed by atoms with Gasteiger partial charge in [0.15, 0.2) is 0 Å². The van der Waals surface area contributed by atoms with E-state index in [2.05, 4.69) is 11.5 Å². The van der Waals surface area contributed by atoms with E-state index in [4.69, 9.17) is 4.42 Å². The van der Waals surface area contributed by atoms with Crippen LogP contribution in [0.3, 0.4) is 0 Å². The SMILES string of the molecule is CCCCN(CC(=O)N1c2ccccc2-n2cccc2C1c1ccco1)C(=O)CC(C)(C)C. The average molecular weight is 448 g/mol. The molecule has 3 heterocycles. The molecule has 2 amide bonds. The molecule has 6 nitrogen and oxygen atoms in total. The van der Waals surface area contributed by atoms with E-state index in [0.717, 1.165) is 29.9 Å². The Bertz CT molecular complexity index is 1110. The molecule has 1 unspecified atom stereocenters. The van der Waals surface area contributed by atoms with Gasteiger partial charge in [0.2, 0.25) is 11.8 Å². The minimum Gasteiger partial charge on any atom is -0.467 e. The fourth-order valence-corrected chi connectivity index (χ4v) is 4.42. The van der Waals surface area contributed by atoms with Crippen LogP contribution in [0.2, 0.25) is 0 Å². The number of rotatable bonds is 7. The van der Waals surface area contributed by atoms with Crippen LogP contribution in [-0.2, 0) is 9.59 Å². The van der Waals surface area contributed by atoms with Crippen molar-refractivity contribution in [3.05, 3.63) is 72.4 Å². The molecule has 0 aliphatic carbocycles. The number of unbranched alkanes of at least 4 members (excludes halogenated alkanes) is 1. The van der Waals surface area contributed by atoms with E-state index < -0.39 is 6.04 Å². The summed E-state index contributed by atoms with van der Waals surface area (Å²) >= 11 is 0. The van der Waals surface area contributed by atoms with E-state index in [1.807, 2.05) is 75.5 Å². The van der Waals surface area contributed by atoms with Crippen molar-refractivity contribution in [1.29, 1.82) is 0 Å². The van der Waals surface area contributed by atoms with Crippen LogP contribution < -0.4 is 4.90 Å². The number of furan rings is 1. The van der Waals surface area contributed by atoms with E-state index in [-0.39, 0.29) is 23.8 Å². The Labute approximate surface area is 195 Å². The van der Waals surface area contributed by atoms with Crippen molar-refractivity contribution < 1.29 is 14.0 Å². The molecule has 1 atom stereocenters. The van der Waals surface area contributed by atoms with Gasteiger partial charge < -0.3 is 13.9 Å². The summed E-state index contributed by atoms with van der Waals surface area (Å²) in [4.78, 5) is 30.6. The topological polar surface area (TPSA) is 58.7 Å². The lowest BCUT2D eigenvalue weighted by Crippen LogP contribution is -2.47. The molecule has 33 heavy (non-hydrogen) atoms. The van der Waals surface area contributed by atoms with Gasteiger partial charge in [0.25, 0.3) is 0 Å². The molecule has 0 N–H and O–H groups in total. The van der Waals surface area contributed by atoms with E-state index in [1.165, 1.54) is 0 Å². The van der Waals surface area contributed by atoms with Crippen LogP contribution in [0.15, 0.2) is 65.4 Å². The number of nitrogens with zero attached hydrogens (tertiary/aromatic N) is 3. The van der Waals surface area contributed by atoms with Crippen molar-refractivity contribution in [1.82, 2.24) is 9.47 Å². The van der Waals surface area contributed by atoms with E-state index in [9.17, 15) is 9.59 Å². The first-order valence-electron chi connectivity index (χ1n) is 11.7. The second-order valence-electron chi connectivity index (χ2n) is 9.88. The zero-order valence-electron chi connectivity index (χ0n) is 20.0. The van der Waals surface area contributed by atoms with Gasteiger partial charge >= 0.3 is 0 Å². The van der Waals surface area contributed by atoms with Crippen LogP contribution >= 0.6 is 0 Å². The predicted octanol–water partition coefficient (Wildman–Crippen LogP) is 5.57. The third kappa shape index (κ3) is 4.75. The third-order valence-corrected chi connectivity index (χ3v) is 5.94. The van der Waals surface area contributed by atoms with Crippen LogP contribution in [0, 0.1) is 5.41 Å². The van der Waals surface area contributed by atoms with Gasteiger partial charge in [0.1, 0.15) is 18.3 Å². The number of hydrogen-bond acceptors (Lipinski definition) is 3. The molecular formula is C27H33N3O3. The number of fused-ring (bicyclic) bond motifs is 3. The fraction of sp³-hybridized carbons (Fsp3) is 0.407. The van der Waals surface area contributed by atoms with Crippen molar-refractivity contribution in [2.24, 2.45) is 5.41 Å². The molecule has 174 valence electrons. The zero-order valence-corrected chi connectivity index (χ0v) is 20.0. The van der Waals surface area contributed by atoms with Crippen molar-refractivity contribution in [2.75, 3.05) is 18.0 Å². The maximum absolute atomic E-state index is 13.9. The molecule has 6 heteroatoms. The summed E-state index contributed by atoms with van der Waals surface area (Å²) in [6.07, 6.45) is 5.87. The molecule has 2 aromatic heterocycles. The third-order valence-electron chi connectivity index (χ3n) is 5.94. The monoisotopic (exact) mass is 447 g/mol. The maximum atomic E-state index is 13.9. The van der Waals surface area contributed by atoms with Crippen molar-refractivity contribution in [2.45, 2.75) is 53.0 Å². The molecule has 0 spiro atoms. The lowest BCUT2D eigenvalue weighted by Gasteiger charge is -2.38. The molecule has 1 aliphatic rings. The molecule has 0 radical (unpaired) electrons. The predicted molar refractivity (Wildman–Crippen MR) is 129 cm³/mol. The maximum Gasteiger partial charge on any atom is 0.247 e. The lowest BCUT2D eigenvalue weighted by molar-refractivity contribution is -0.137. The number of carbonyl (C=O) groups is 2. The quantitative estimate of drug-likeness (QED) is 0.476. The lowest BCUT2D eigenvalue weighted by atomic mass is 9.91. The summed E-state index contributed by atoms with van der Waals surface area (Å²) in [5.74, 6) is 0.598. The van der Waals surface area contributed by atoms with Crippen molar-refractivity contribution in [3.8, 4) is 5.69 Å². The van der Waals surface area contributed by atoms with Crippen molar-refractivity contribution >= 4 is 17.5 Å². The summed E-state index contributed by atoms with van der Waals surface area (Å²) in [5.41, 5.74) is 2.57. The highest BCUT2D eigenvalue weighted by molar-refractivity contribution is 6.00. The van der Waals surface area contributed by atoms with Crippen molar-refractivity contribution in [3.63, 3.8) is 0 Å². The molecule has 0 saturated carbocycles. The summed E-state index contributed by atoms with van der Waals surface area (Å²) in [6.45, 7) is 8.86. The first kappa shape index (κ1) is 22.9. The molecule has 1 aliphatic heterocycles. The Hall–Kier alpha value is -3.28. The Kier molecular flexibility index (Phi) is 6.45. The van der Waals surface area contributed by atoms with Crippen LogP contribution in [0.5, 0.6) is 0 Å². The molecule has 0 bridgehead atoms. The molecule has 0 saturated heterocycles. The van der Waals surface area contributed by atoms with Gasteiger partial charge in [0, 0.05) is 19.2 Å². The largest absolute Gasteiger partial charge is 0.467 e. The Morgan fingerprint density at radius 1 is 1.03 bits per heavy atom. The number of carbonyl (C=O) groups excluding carboxylic acids is 2. The highest BCUT2D eigenvalue weighted by Crippen LogP contribution is 2.42. The number of benzene rings is 1. The summed E-state index contributed by atoms with van der Waals surface area (Å²) in [7, 11) is 0. The van der Waals surface area contributed by atoms with E-state index in [0.29, 0.717) is 18.7 Å². The number of para-hydroxylation sites is 2. The molecule has 4 rings (SSSR count). The number of aromatic nitrogens is 1. The standard InChI is InChI=1S/C27H33N3O3/c1-5-6-15-28(24(31)18-27(2,3)4)19-25(32)30-21-12-8-7-11-20(21)29-16-9-13-22(29)26(30)23-14-10-17-33-23/h7-14,16-17,26H,5-6,15,18-19H2,1-4H3. The normalized spacial score (nSPS) is 15.2. The molecule has 3 aromatic rings. The highest BCUT2D eigenvalue weighted by Gasteiger charge is 2.38.